The highest BCUT2D eigenvalue weighted by Crippen LogP contribution is 2.33. The number of rotatable bonds is 4. The zero-order valence-corrected chi connectivity index (χ0v) is 12.0. The summed E-state index contributed by atoms with van der Waals surface area (Å²) in [6, 6.07) is 7.23. The quantitative estimate of drug-likeness (QED) is 0.855. The first-order valence-electron chi connectivity index (χ1n) is 5.58. The fourth-order valence-electron chi connectivity index (χ4n) is 1.83. The lowest BCUT2D eigenvalue weighted by Crippen LogP contribution is -2.31. The fraction of sp³-hybridized carbons (Fsp3) is 0.333. The Morgan fingerprint density at radius 1 is 1.39 bits per heavy atom. The van der Waals surface area contributed by atoms with Crippen LogP contribution in [0.1, 0.15) is 6.42 Å². The zero-order chi connectivity index (χ0) is 13.1. The second-order valence-corrected chi connectivity index (χ2v) is 6.04. The van der Waals surface area contributed by atoms with Crippen LogP contribution in [0.5, 0.6) is 0 Å². The van der Waals surface area contributed by atoms with Gasteiger partial charge in [0.2, 0.25) is 11.8 Å². The Labute approximate surface area is 118 Å². The summed E-state index contributed by atoms with van der Waals surface area (Å²) in [7, 11) is 0. The number of nitrogens with zero attached hydrogens (tertiary/aromatic N) is 1. The molecule has 0 aliphatic carbocycles. The van der Waals surface area contributed by atoms with Crippen molar-refractivity contribution in [3.05, 3.63) is 28.7 Å². The molecule has 2 rings (SSSR count). The lowest BCUT2D eigenvalue weighted by molar-refractivity contribution is -0.121. The van der Waals surface area contributed by atoms with E-state index >= 15 is 0 Å². The molecule has 18 heavy (non-hydrogen) atoms. The molecule has 1 fully saturated rings. The van der Waals surface area contributed by atoms with Crippen LogP contribution in [0, 0.1) is 0 Å². The van der Waals surface area contributed by atoms with Crippen molar-refractivity contribution < 1.29 is 9.59 Å². The molecule has 0 radical (unpaired) electrons. The Balaban J connectivity index is 2.22. The predicted molar refractivity (Wildman–Crippen MR) is 76.6 cm³/mol. The molecule has 1 aliphatic heterocycles. The second kappa shape index (κ2) is 5.86. The number of carbonyl (C=O) groups excluding carboxylic acids is 2. The highest BCUT2D eigenvalue weighted by atomic mass is 79.9. The van der Waals surface area contributed by atoms with Gasteiger partial charge in [0.05, 0.1) is 10.9 Å². The van der Waals surface area contributed by atoms with Gasteiger partial charge in [-0.1, -0.05) is 12.1 Å². The molecule has 0 bridgehead atoms. The minimum Gasteiger partial charge on any atom is -0.330 e. The maximum Gasteiger partial charge on any atom is 0.247 e. The van der Waals surface area contributed by atoms with Crippen LogP contribution in [-0.4, -0.2) is 29.4 Å². The van der Waals surface area contributed by atoms with E-state index in [1.54, 1.807) is 12.1 Å². The lowest BCUT2D eigenvalue weighted by Gasteiger charge is -2.16. The highest BCUT2D eigenvalue weighted by Gasteiger charge is 2.40. The summed E-state index contributed by atoms with van der Waals surface area (Å²) in [5.41, 5.74) is 6.03. The summed E-state index contributed by atoms with van der Waals surface area (Å²) >= 11 is 4.81. The van der Waals surface area contributed by atoms with Crippen LogP contribution in [0.4, 0.5) is 5.69 Å². The highest BCUT2D eigenvalue weighted by molar-refractivity contribution is 9.10. The number of imide groups is 1. The molecular formula is C12H13BrN2O2S. The standard InChI is InChI=1S/C12H13BrN2O2S/c13-8-3-1-2-4-9(8)15-11(16)7-10(12(15)17)18-6-5-14/h1-4,10H,5-7,14H2. The van der Waals surface area contributed by atoms with Crippen LogP contribution in [0.2, 0.25) is 0 Å². The van der Waals surface area contributed by atoms with Crippen LogP contribution < -0.4 is 10.6 Å². The van der Waals surface area contributed by atoms with Crippen LogP contribution in [0.3, 0.4) is 0 Å². The third-order valence-electron chi connectivity index (χ3n) is 2.64. The van der Waals surface area contributed by atoms with Gasteiger partial charge < -0.3 is 5.73 Å². The normalized spacial score (nSPS) is 19.7. The lowest BCUT2D eigenvalue weighted by atomic mass is 10.3. The largest absolute Gasteiger partial charge is 0.330 e. The minimum atomic E-state index is -0.298. The van der Waals surface area contributed by atoms with E-state index < -0.39 is 0 Å². The van der Waals surface area contributed by atoms with Gasteiger partial charge >= 0.3 is 0 Å². The van der Waals surface area contributed by atoms with Crippen molar-refractivity contribution in [1.29, 1.82) is 0 Å². The van der Waals surface area contributed by atoms with E-state index in [1.165, 1.54) is 16.7 Å². The van der Waals surface area contributed by atoms with E-state index in [0.717, 1.165) is 4.47 Å². The van der Waals surface area contributed by atoms with Gasteiger partial charge in [0.25, 0.3) is 0 Å². The molecule has 0 aromatic heterocycles. The van der Waals surface area contributed by atoms with Crippen LogP contribution in [-0.2, 0) is 9.59 Å². The first kappa shape index (κ1) is 13.6. The zero-order valence-electron chi connectivity index (χ0n) is 9.64. The monoisotopic (exact) mass is 328 g/mol. The molecule has 1 aromatic carbocycles. The number of amides is 2. The van der Waals surface area contributed by atoms with Gasteiger partial charge in [-0.25, -0.2) is 4.90 Å². The summed E-state index contributed by atoms with van der Waals surface area (Å²) in [5.74, 6) is 0.389. The van der Waals surface area contributed by atoms with Crippen LogP contribution in [0.25, 0.3) is 0 Å². The molecule has 1 heterocycles. The van der Waals surface area contributed by atoms with Crippen LogP contribution in [0.15, 0.2) is 28.7 Å². The number of thioether (sulfide) groups is 1. The van der Waals surface area contributed by atoms with E-state index in [4.69, 9.17) is 5.73 Å². The minimum absolute atomic E-state index is 0.148. The van der Waals surface area contributed by atoms with Crippen molar-refractivity contribution in [3.63, 3.8) is 0 Å². The molecule has 0 spiro atoms. The topological polar surface area (TPSA) is 63.4 Å². The molecule has 96 valence electrons. The maximum atomic E-state index is 12.2. The Kier molecular flexibility index (Phi) is 4.42. The molecule has 1 aromatic rings. The van der Waals surface area contributed by atoms with Gasteiger partial charge in [0, 0.05) is 23.2 Å². The van der Waals surface area contributed by atoms with Gasteiger partial charge in [0.15, 0.2) is 0 Å². The molecule has 1 unspecified atom stereocenters. The van der Waals surface area contributed by atoms with Crippen molar-refractivity contribution in [2.24, 2.45) is 5.73 Å². The van der Waals surface area contributed by atoms with Crippen molar-refractivity contribution >= 4 is 45.2 Å². The number of carbonyl (C=O) groups is 2. The maximum absolute atomic E-state index is 12.2. The van der Waals surface area contributed by atoms with E-state index in [-0.39, 0.29) is 23.5 Å². The molecule has 1 saturated heterocycles. The van der Waals surface area contributed by atoms with Gasteiger partial charge in [-0.2, -0.15) is 0 Å². The second-order valence-electron chi connectivity index (χ2n) is 3.87. The molecule has 1 aliphatic rings. The van der Waals surface area contributed by atoms with Gasteiger partial charge in [-0.05, 0) is 28.1 Å². The van der Waals surface area contributed by atoms with E-state index in [0.29, 0.717) is 18.0 Å². The third-order valence-corrected chi connectivity index (χ3v) is 4.55. The average Bonchev–Trinajstić information content (AvgIpc) is 2.63. The van der Waals surface area contributed by atoms with Crippen LogP contribution >= 0.6 is 27.7 Å². The molecular weight excluding hydrogens is 316 g/mol. The summed E-state index contributed by atoms with van der Waals surface area (Å²) in [6.07, 6.45) is 0.255. The van der Waals surface area contributed by atoms with Crippen molar-refractivity contribution in [1.82, 2.24) is 0 Å². The Hall–Kier alpha value is -0.850. The van der Waals surface area contributed by atoms with E-state index in [1.807, 2.05) is 12.1 Å². The summed E-state index contributed by atoms with van der Waals surface area (Å²) in [4.78, 5) is 25.4. The number of benzene rings is 1. The number of para-hydroxylation sites is 1. The number of anilines is 1. The molecule has 1 atom stereocenters. The smallest absolute Gasteiger partial charge is 0.247 e. The molecule has 6 heteroatoms. The van der Waals surface area contributed by atoms with Gasteiger partial charge in [0.1, 0.15) is 0 Å². The first-order chi connectivity index (χ1) is 8.65. The number of nitrogens with two attached hydrogens (primary N) is 1. The molecule has 2 N–H and O–H groups in total. The molecule has 2 amide bonds. The van der Waals surface area contributed by atoms with E-state index in [9.17, 15) is 9.59 Å². The first-order valence-corrected chi connectivity index (χ1v) is 7.42. The Morgan fingerprint density at radius 3 is 2.78 bits per heavy atom. The number of hydrogen-bond donors (Lipinski definition) is 1. The summed E-state index contributed by atoms with van der Waals surface area (Å²) in [5, 5.41) is -0.298. The van der Waals surface area contributed by atoms with Crippen molar-refractivity contribution in [2.75, 3.05) is 17.2 Å². The molecule has 4 nitrogen and oxygen atoms in total. The van der Waals surface area contributed by atoms with Gasteiger partial charge in [-0.15, -0.1) is 11.8 Å². The SMILES string of the molecule is NCCSC1CC(=O)N(c2ccccc2Br)C1=O. The Bertz CT molecular complexity index is 481. The number of hydrogen-bond acceptors (Lipinski definition) is 4. The van der Waals surface area contributed by atoms with Crippen molar-refractivity contribution in [2.45, 2.75) is 11.7 Å². The van der Waals surface area contributed by atoms with Gasteiger partial charge in [-0.3, -0.25) is 9.59 Å². The Morgan fingerprint density at radius 2 is 2.11 bits per heavy atom. The molecule has 0 saturated carbocycles. The average molecular weight is 329 g/mol. The fourth-order valence-corrected chi connectivity index (χ4v) is 3.22. The summed E-state index contributed by atoms with van der Waals surface area (Å²) in [6.45, 7) is 0.512. The van der Waals surface area contributed by atoms with Crippen molar-refractivity contribution in [3.8, 4) is 0 Å². The summed E-state index contributed by atoms with van der Waals surface area (Å²) < 4.78 is 0.746. The van der Waals surface area contributed by atoms with E-state index in [2.05, 4.69) is 15.9 Å². The predicted octanol–water partition coefficient (Wildman–Crippen LogP) is 1.77. The number of halogens is 1. The third kappa shape index (κ3) is 2.60.